The maximum Gasteiger partial charge on any atom is 0.270 e. The molecular formula is C24H37Cl2N3O4. The highest BCUT2D eigenvalue weighted by molar-refractivity contribution is 6.34. The summed E-state index contributed by atoms with van der Waals surface area (Å²) in [6, 6.07) is 3.56. The van der Waals surface area contributed by atoms with E-state index in [1.807, 2.05) is 18.7 Å². The van der Waals surface area contributed by atoms with E-state index in [2.05, 4.69) is 5.32 Å². The number of benzene rings is 1. The van der Waals surface area contributed by atoms with E-state index in [0.717, 1.165) is 38.8 Å². The SMILES string of the molecule is COCCCCN1C(=O)C(C)(C)Oc2cc(Cl)c(C(=O)N(C(C)C)[C@@H]3CCCNC3)cc21.Cl. The van der Waals surface area contributed by atoms with Gasteiger partial charge >= 0.3 is 0 Å². The first kappa shape index (κ1) is 27.7. The van der Waals surface area contributed by atoms with E-state index < -0.39 is 5.60 Å². The summed E-state index contributed by atoms with van der Waals surface area (Å²) in [5.41, 5.74) is 0.00793. The van der Waals surface area contributed by atoms with Crippen molar-refractivity contribution in [2.45, 2.75) is 71.1 Å². The molecule has 1 aromatic carbocycles. The molecule has 1 saturated heterocycles. The Morgan fingerprint density at radius 1 is 1.36 bits per heavy atom. The number of nitrogens with zero attached hydrogens (tertiary/aromatic N) is 2. The zero-order valence-corrected chi connectivity index (χ0v) is 21.9. The van der Waals surface area contributed by atoms with Crippen molar-refractivity contribution < 1.29 is 19.1 Å². The van der Waals surface area contributed by atoms with Crippen LogP contribution in [0.2, 0.25) is 5.02 Å². The third-order valence-electron chi connectivity index (χ3n) is 6.13. The Bertz CT molecular complexity index is 841. The summed E-state index contributed by atoms with van der Waals surface area (Å²) < 4.78 is 11.1. The van der Waals surface area contributed by atoms with Gasteiger partial charge in [-0.3, -0.25) is 9.59 Å². The van der Waals surface area contributed by atoms with Crippen molar-refractivity contribution in [3.8, 4) is 5.75 Å². The molecule has 0 radical (unpaired) electrons. The number of unbranched alkanes of at least 4 members (excludes halogenated alkanes) is 1. The van der Waals surface area contributed by atoms with E-state index in [9.17, 15) is 9.59 Å². The van der Waals surface area contributed by atoms with Crippen LogP contribution >= 0.6 is 24.0 Å². The number of carbonyl (C=O) groups is 2. The second-order valence-electron chi connectivity index (χ2n) is 9.38. The number of hydrogen-bond donors (Lipinski definition) is 1. The summed E-state index contributed by atoms with van der Waals surface area (Å²) in [6.45, 7) is 10.5. The molecule has 186 valence electrons. The molecule has 33 heavy (non-hydrogen) atoms. The van der Waals surface area contributed by atoms with Crippen LogP contribution in [0.4, 0.5) is 5.69 Å². The molecule has 1 aromatic rings. The lowest BCUT2D eigenvalue weighted by atomic mass is 10.00. The molecule has 2 aliphatic heterocycles. The molecule has 0 bridgehead atoms. The van der Waals surface area contributed by atoms with Gasteiger partial charge in [0, 0.05) is 45.0 Å². The van der Waals surface area contributed by atoms with E-state index in [4.69, 9.17) is 21.1 Å². The molecule has 0 saturated carbocycles. The molecule has 9 heteroatoms. The normalized spacial score (nSPS) is 19.5. The lowest BCUT2D eigenvalue weighted by Crippen LogP contribution is -2.53. The minimum absolute atomic E-state index is 0. The fourth-order valence-electron chi connectivity index (χ4n) is 4.52. The van der Waals surface area contributed by atoms with E-state index in [0.29, 0.717) is 35.2 Å². The van der Waals surface area contributed by atoms with Gasteiger partial charge in [-0.05, 0) is 66.0 Å². The first-order valence-electron chi connectivity index (χ1n) is 11.5. The van der Waals surface area contributed by atoms with Crippen LogP contribution in [-0.2, 0) is 9.53 Å². The zero-order valence-electron chi connectivity index (χ0n) is 20.3. The summed E-state index contributed by atoms with van der Waals surface area (Å²) in [5.74, 6) is 0.289. The Labute approximate surface area is 208 Å². The van der Waals surface area contributed by atoms with Gasteiger partial charge in [0.15, 0.2) is 5.60 Å². The number of piperidine rings is 1. The number of fused-ring (bicyclic) bond motifs is 1. The highest BCUT2D eigenvalue weighted by Gasteiger charge is 2.42. The molecular weight excluding hydrogens is 465 g/mol. The van der Waals surface area contributed by atoms with Gasteiger partial charge in [0.05, 0.1) is 16.3 Å². The van der Waals surface area contributed by atoms with Gasteiger partial charge < -0.3 is 24.6 Å². The fraction of sp³-hybridized carbons (Fsp3) is 0.667. The van der Waals surface area contributed by atoms with Gasteiger partial charge in [0.25, 0.3) is 11.8 Å². The van der Waals surface area contributed by atoms with Crippen molar-refractivity contribution in [1.29, 1.82) is 0 Å². The van der Waals surface area contributed by atoms with Crippen LogP contribution in [0.15, 0.2) is 12.1 Å². The molecule has 1 atom stereocenters. The molecule has 0 aliphatic carbocycles. The van der Waals surface area contributed by atoms with Crippen molar-refractivity contribution >= 4 is 41.5 Å². The molecule has 2 aliphatic rings. The van der Waals surface area contributed by atoms with Gasteiger partial charge in [0.1, 0.15) is 5.75 Å². The van der Waals surface area contributed by atoms with Gasteiger partial charge in [0.2, 0.25) is 0 Å². The molecule has 2 amide bonds. The molecule has 0 unspecified atom stereocenters. The predicted molar refractivity (Wildman–Crippen MR) is 134 cm³/mol. The van der Waals surface area contributed by atoms with Crippen LogP contribution in [0.25, 0.3) is 0 Å². The molecule has 7 nitrogen and oxygen atoms in total. The highest BCUT2D eigenvalue weighted by atomic mass is 35.5. The second-order valence-corrected chi connectivity index (χ2v) is 9.78. The highest BCUT2D eigenvalue weighted by Crippen LogP contribution is 2.41. The Kier molecular flexibility index (Phi) is 9.85. The number of hydrogen-bond acceptors (Lipinski definition) is 5. The van der Waals surface area contributed by atoms with E-state index >= 15 is 0 Å². The smallest absolute Gasteiger partial charge is 0.270 e. The Hall–Kier alpha value is -1.54. The quantitative estimate of drug-likeness (QED) is 0.537. The number of carbonyl (C=O) groups excluding carboxylic acids is 2. The predicted octanol–water partition coefficient (Wildman–Crippen LogP) is 4.30. The number of rotatable bonds is 8. The lowest BCUT2D eigenvalue weighted by molar-refractivity contribution is -0.132. The summed E-state index contributed by atoms with van der Waals surface area (Å²) in [5, 5.41) is 3.73. The summed E-state index contributed by atoms with van der Waals surface area (Å²) in [6.07, 6.45) is 3.62. The summed E-state index contributed by atoms with van der Waals surface area (Å²) in [7, 11) is 1.67. The average molecular weight is 502 g/mol. The van der Waals surface area contributed by atoms with Crippen LogP contribution in [-0.4, -0.2) is 67.7 Å². The lowest BCUT2D eigenvalue weighted by Gasteiger charge is -2.40. The second kappa shape index (κ2) is 11.7. The third-order valence-corrected chi connectivity index (χ3v) is 6.44. The molecule has 1 N–H and O–H groups in total. The number of anilines is 1. The van der Waals surface area contributed by atoms with Gasteiger partial charge in [-0.25, -0.2) is 0 Å². The van der Waals surface area contributed by atoms with Crippen LogP contribution in [0.5, 0.6) is 5.75 Å². The van der Waals surface area contributed by atoms with Crippen LogP contribution in [0, 0.1) is 0 Å². The number of halogens is 2. The average Bonchev–Trinajstić information content (AvgIpc) is 2.73. The van der Waals surface area contributed by atoms with E-state index in [1.54, 1.807) is 38.0 Å². The van der Waals surface area contributed by atoms with Crippen molar-refractivity contribution in [3.05, 3.63) is 22.7 Å². The number of ether oxygens (including phenoxy) is 2. The van der Waals surface area contributed by atoms with Gasteiger partial charge in [-0.2, -0.15) is 0 Å². The Morgan fingerprint density at radius 3 is 2.70 bits per heavy atom. The molecule has 2 heterocycles. The van der Waals surface area contributed by atoms with Crippen LogP contribution in [0.1, 0.15) is 63.7 Å². The standard InChI is InChI=1S/C24H36ClN3O4.ClH/c1-16(2)28(17-9-8-10-26-15-17)22(29)18-13-20-21(14-19(18)25)32-24(3,4)23(30)27(20)11-6-7-12-31-5;/h13-14,16-17,26H,6-12,15H2,1-5H3;1H/t17-;/m1./s1. The van der Waals surface area contributed by atoms with Gasteiger partial charge in [-0.1, -0.05) is 11.6 Å². The summed E-state index contributed by atoms with van der Waals surface area (Å²) in [4.78, 5) is 30.5. The third kappa shape index (κ3) is 6.13. The molecule has 3 rings (SSSR count). The van der Waals surface area contributed by atoms with E-state index in [-0.39, 0.29) is 36.3 Å². The minimum Gasteiger partial charge on any atom is -0.476 e. The maximum absolute atomic E-state index is 13.7. The van der Waals surface area contributed by atoms with Crippen LogP contribution in [0.3, 0.4) is 0 Å². The van der Waals surface area contributed by atoms with Crippen molar-refractivity contribution in [3.63, 3.8) is 0 Å². The monoisotopic (exact) mass is 501 g/mol. The number of amides is 2. The molecule has 0 aromatic heterocycles. The minimum atomic E-state index is -0.999. The first-order chi connectivity index (χ1) is 15.2. The largest absolute Gasteiger partial charge is 0.476 e. The molecule has 1 fully saturated rings. The number of methoxy groups -OCH3 is 1. The zero-order chi connectivity index (χ0) is 23.5. The topological polar surface area (TPSA) is 71.1 Å². The van der Waals surface area contributed by atoms with Crippen molar-refractivity contribution in [2.75, 3.05) is 38.3 Å². The fourth-order valence-corrected chi connectivity index (χ4v) is 4.76. The first-order valence-corrected chi connectivity index (χ1v) is 11.9. The van der Waals surface area contributed by atoms with Crippen molar-refractivity contribution in [2.24, 2.45) is 0 Å². The Balaban J connectivity index is 0.00000385. The summed E-state index contributed by atoms with van der Waals surface area (Å²) >= 11 is 6.60. The molecule has 0 spiro atoms. The van der Waals surface area contributed by atoms with Crippen LogP contribution < -0.4 is 15.0 Å². The van der Waals surface area contributed by atoms with Crippen molar-refractivity contribution in [1.82, 2.24) is 10.2 Å². The number of nitrogens with one attached hydrogen (secondary N) is 1. The van der Waals surface area contributed by atoms with Gasteiger partial charge in [-0.15, -0.1) is 12.4 Å². The maximum atomic E-state index is 13.7. The Morgan fingerprint density at radius 2 is 2.09 bits per heavy atom. The van der Waals surface area contributed by atoms with E-state index in [1.165, 1.54) is 0 Å².